The smallest absolute Gasteiger partial charge is 0.234 e. The van der Waals surface area contributed by atoms with Gasteiger partial charge in [-0.25, -0.2) is 4.98 Å². The van der Waals surface area contributed by atoms with Crippen LogP contribution in [0.4, 0.5) is 5.69 Å². The molecule has 0 bridgehead atoms. The highest BCUT2D eigenvalue weighted by molar-refractivity contribution is 7.99. The van der Waals surface area contributed by atoms with Crippen molar-refractivity contribution < 1.29 is 4.79 Å². The highest BCUT2D eigenvalue weighted by Crippen LogP contribution is 2.26. The van der Waals surface area contributed by atoms with E-state index in [0.29, 0.717) is 26.7 Å². The molecule has 0 radical (unpaired) electrons. The van der Waals surface area contributed by atoms with Gasteiger partial charge in [0.1, 0.15) is 5.69 Å². The van der Waals surface area contributed by atoms with E-state index in [0.717, 1.165) is 17.1 Å². The maximum Gasteiger partial charge on any atom is 0.234 e. The number of halogens is 2. The van der Waals surface area contributed by atoms with Crippen LogP contribution in [0.1, 0.15) is 10.6 Å². The van der Waals surface area contributed by atoms with Crippen molar-refractivity contribution in [3.8, 4) is 11.5 Å². The highest BCUT2D eigenvalue weighted by Gasteiger charge is 2.16. The predicted molar refractivity (Wildman–Crippen MR) is 125 cm³/mol. The Balaban J connectivity index is 1.38. The SMILES string of the molecule is Cn1c(SCC(=O)Nc2cc(Cl)cc(Cl)c2)nnc1-c1csc(Cc2ccsc2)n1. The minimum Gasteiger partial charge on any atom is -0.325 e. The molecule has 0 aliphatic rings. The van der Waals surface area contributed by atoms with Gasteiger partial charge in [-0.15, -0.1) is 21.5 Å². The molecule has 11 heteroatoms. The number of carbonyl (C=O) groups is 1. The summed E-state index contributed by atoms with van der Waals surface area (Å²) in [5, 5.41) is 20.0. The monoisotopic (exact) mass is 495 g/mol. The zero-order chi connectivity index (χ0) is 21.1. The number of thiophene rings is 1. The van der Waals surface area contributed by atoms with Gasteiger partial charge in [-0.3, -0.25) is 4.79 Å². The second-order valence-electron chi connectivity index (χ2n) is 6.30. The van der Waals surface area contributed by atoms with Gasteiger partial charge >= 0.3 is 0 Å². The number of thiazole rings is 1. The Morgan fingerprint density at radius 3 is 2.73 bits per heavy atom. The number of nitrogens with one attached hydrogen (secondary N) is 1. The lowest BCUT2D eigenvalue weighted by molar-refractivity contribution is -0.113. The van der Waals surface area contributed by atoms with E-state index in [9.17, 15) is 4.79 Å². The van der Waals surface area contributed by atoms with Gasteiger partial charge in [-0.2, -0.15) is 11.3 Å². The van der Waals surface area contributed by atoms with E-state index in [2.05, 4.69) is 37.3 Å². The summed E-state index contributed by atoms with van der Waals surface area (Å²) >= 11 is 16.5. The fraction of sp³-hybridized carbons (Fsp3) is 0.158. The van der Waals surface area contributed by atoms with Crippen molar-refractivity contribution in [2.45, 2.75) is 11.6 Å². The standard InChI is InChI=1S/C19H15Cl2N5OS3/c1-26-18(15-9-29-17(23-15)4-11-2-3-28-8-11)24-25-19(26)30-10-16(27)22-14-6-12(20)5-13(21)7-14/h2-3,5-9H,4,10H2,1H3,(H,22,27). The van der Waals surface area contributed by atoms with Crippen molar-refractivity contribution in [3.63, 3.8) is 0 Å². The molecule has 3 heterocycles. The normalized spacial score (nSPS) is 11.0. The first-order chi connectivity index (χ1) is 14.5. The Morgan fingerprint density at radius 1 is 1.20 bits per heavy atom. The fourth-order valence-corrected chi connectivity index (χ4v) is 5.39. The zero-order valence-corrected chi connectivity index (χ0v) is 19.6. The third-order valence-electron chi connectivity index (χ3n) is 4.03. The van der Waals surface area contributed by atoms with Crippen LogP contribution in [0.2, 0.25) is 10.0 Å². The first-order valence-electron chi connectivity index (χ1n) is 8.72. The minimum atomic E-state index is -0.186. The predicted octanol–water partition coefficient (Wildman–Crippen LogP) is 5.63. The van der Waals surface area contributed by atoms with Crippen molar-refractivity contribution >= 4 is 69.2 Å². The van der Waals surface area contributed by atoms with Crippen molar-refractivity contribution in [2.24, 2.45) is 7.05 Å². The summed E-state index contributed by atoms with van der Waals surface area (Å²) in [4.78, 5) is 16.9. The number of benzene rings is 1. The molecule has 0 atom stereocenters. The van der Waals surface area contributed by atoms with Gasteiger partial charge in [0.25, 0.3) is 0 Å². The van der Waals surface area contributed by atoms with Crippen LogP contribution >= 0.6 is 57.6 Å². The van der Waals surface area contributed by atoms with Crippen molar-refractivity contribution in [2.75, 3.05) is 11.1 Å². The number of rotatable bonds is 7. The third-order valence-corrected chi connectivity index (χ3v) is 7.07. The van der Waals surface area contributed by atoms with Gasteiger partial charge in [0.05, 0.1) is 10.8 Å². The van der Waals surface area contributed by atoms with E-state index in [1.165, 1.54) is 17.3 Å². The Morgan fingerprint density at radius 2 is 2.00 bits per heavy atom. The molecule has 0 spiro atoms. The van der Waals surface area contributed by atoms with Gasteiger partial charge in [-0.1, -0.05) is 35.0 Å². The Hall–Kier alpha value is -1.91. The van der Waals surface area contributed by atoms with Crippen LogP contribution < -0.4 is 5.32 Å². The number of hydrogen-bond acceptors (Lipinski definition) is 7. The molecule has 4 rings (SSSR count). The van der Waals surface area contributed by atoms with E-state index >= 15 is 0 Å². The Kier molecular flexibility index (Phi) is 6.74. The molecule has 1 N–H and O–H groups in total. The van der Waals surface area contributed by atoms with E-state index in [4.69, 9.17) is 23.2 Å². The highest BCUT2D eigenvalue weighted by atomic mass is 35.5. The summed E-state index contributed by atoms with van der Waals surface area (Å²) in [6, 6.07) is 7.00. The molecule has 4 aromatic rings. The lowest BCUT2D eigenvalue weighted by Gasteiger charge is -2.06. The number of aromatic nitrogens is 4. The van der Waals surface area contributed by atoms with Crippen molar-refractivity contribution in [1.29, 1.82) is 0 Å². The summed E-state index contributed by atoms with van der Waals surface area (Å²) in [6.45, 7) is 0. The third kappa shape index (κ3) is 5.22. The summed E-state index contributed by atoms with van der Waals surface area (Å²) in [5.74, 6) is 0.665. The topological polar surface area (TPSA) is 72.7 Å². The second kappa shape index (κ2) is 9.49. The maximum absolute atomic E-state index is 12.3. The molecule has 0 fully saturated rings. The maximum atomic E-state index is 12.3. The molecule has 3 aromatic heterocycles. The average molecular weight is 496 g/mol. The quantitative estimate of drug-likeness (QED) is 0.336. The number of amides is 1. The molecule has 0 saturated heterocycles. The minimum absolute atomic E-state index is 0.177. The van der Waals surface area contributed by atoms with Crippen LogP contribution in [-0.2, 0) is 18.3 Å². The van der Waals surface area contributed by atoms with Crippen LogP contribution in [-0.4, -0.2) is 31.4 Å². The van der Waals surface area contributed by atoms with Gasteiger partial charge in [-0.05, 0) is 40.6 Å². The van der Waals surface area contributed by atoms with Crippen LogP contribution in [0.5, 0.6) is 0 Å². The van der Waals surface area contributed by atoms with Crippen molar-refractivity contribution in [3.05, 3.63) is 61.0 Å². The molecule has 0 aliphatic heterocycles. The number of hydrogen-bond donors (Lipinski definition) is 1. The molecule has 154 valence electrons. The van der Waals surface area contributed by atoms with Crippen molar-refractivity contribution in [1.82, 2.24) is 19.7 Å². The van der Waals surface area contributed by atoms with E-state index < -0.39 is 0 Å². The molecule has 6 nitrogen and oxygen atoms in total. The molecule has 30 heavy (non-hydrogen) atoms. The summed E-state index contributed by atoms with van der Waals surface area (Å²) in [7, 11) is 1.87. The molecular weight excluding hydrogens is 481 g/mol. The lowest BCUT2D eigenvalue weighted by Crippen LogP contribution is -2.14. The van der Waals surface area contributed by atoms with Crippen LogP contribution in [0.15, 0.2) is 45.6 Å². The summed E-state index contributed by atoms with van der Waals surface area (Å²) in [6.07, 6.45) is 0.807. The van der Waals surface area contributed by atoms with E-state index in [1.807, 2.05) is 17.0 Å². The Labute approximate surface area is 195 Å². The lowest BCUT2D eigenvalue weighted by atomic mass is 10.2. The molecule has 0 aliphatic carbocycles. The number of nitrogens with zero attached hydrogens (tertiary/aromatic N) is 4. The number of anilines is 1. The molecule has 1 aromatic carbocycles. The first kappa shape index (κ1) is 21.3. The zero-order valence-electron chi connectivity index (χ0n) is 15.6. The van der Waals surface area contributed by atoms with Gasteiger partial charge in [0, 0.05) is 34.6 Å². The van der Waals surface area contributed by atoms with Crippen LogP contribution in [0, 0.1) is 0 Å². The van der Waals surface area contributed by atoms with Gasteiger partial charge < -0.3 is 9.88 Å². The van der Waals surface area contributed by atoms with Gasteiger partial charge in [0.15, 0.2) is 11.0 Å². The molecule has 0 unspecified atom stereocenters. The van der Waals surface area contributed by atoms with E-state index in [-0.39, 0.29) is 11.7 Å². The number of carbonyl (C=O) groups excluding carboxylic acids is 1. The van der Waals surface area contributed by atoms with Gasteiger partial charge in [0.2, 0.25) is 5.91 Å². The molecule has 1 amide bonds. The first-order valence-corrected chi connectivity index (χ1v) is 12.3. The van der Waals surface area contributed by atoms with Crippen LogP contribution in [0.25, 0.3) is 11.5 Å². The fourth-order valence-electron chi connectivity index (χ4n) is 2.68. The summed E-state index contributed by atoms with van der Waals surface area (Å²) in [5.41, 5.74) is 2.59. The largest absolute Gasteiger partial charge is 0.325 e. The second-order valence-corrected chi connectivity index (χ2v) is 9.83. The number of thioether (sulfide) groups is 1. The summed E-state index contributed by atoms with van der Waals surface area (Å²) < 4.78 is 1.84. The van der Waals surface area contributed by atoms with Crippen LogP contribution in [0.3, 0.4) is 0 Å². The average Bonchev–Trinajstić information content (AvgIpc) is 3.42. The Bertz CT molecular complexity index is 1150. The van der Waals surface area contributed by atoms with E-state index in [1.54, 1.807) is 40.9 Å². The molecule has 0 saturated carbocycles. The molecular formula is C19H15Cl2N5OS3.